The minimum absolute atomic E-state index is 0.0673. The van der Waals surface area contributed by atoms with Gasteiger partial charge in [-0.25, -0.2) is 0 Å². The van der Waals surface area contributed by atoms with E-state index in [1.54, 1.807) is 24.3 Å². The standard InChI is InChI=1S/C12H16N2O2/c1-8-11(6-7-16-8)14-12(15)9-2-4-10(13)5-3-9/h2-5,8,11H,6-7,13H2,1H3,(H,14,15). The van der Waals surface area contributed by atoms with Gasteiger partial charge in [0, 0.05) is 17.9 Å². The van der Waals surface area contributed by atoms with Gasteiger partial charge in [-0.1, -0.05) is 0 Å². The van der Waals surface area contributed by atoms with Gasteiger partial charge in [0.25, 0.3) is 5.91 Å². The SMILES string of the molecule is CC1OCCC1NC(=O)c1ccc(N)cc1. The molecule has 0 radical (unpaired) electrons. The first-order valence-electron chi connectivity index (χ1n) is 5.45. The van der Waals surface area contributed by atoms with Crippen LogP contribution in [-0.2, 0) is 4.74 Å². The molecule has 16 heavy (non-hydrogen) atoms. The lowest BCUT2D eigenvalue weighted by Crippen LogP contribution is -2.39. The van der Waals surface area contributed by atoms with Crippen molar-refractivity contribution in [1.82, 2.24) is 5.32 Å². The van der Waals surface area contributed by atoms with Crippen molar-refractivity contribution in [2.24, 2.45) is 0 Å². The lowest BCUT2D eigenvalue weighted by molar-refractivity contribution is 0.0866. The fraction of sp³-hybridized carbons (Fsp3) is 0.417. The van der Waals surface area contributed by atoms with Crippen molar-refractivity contribution < 1.29 is 9.53 Å². The van der Waals surface area contributed by atoms with Gasteiger partial charge in [-0.15, -0.1) is 0 Å². The van der Waals surface area contributed by atoms with Crippen LogP contribution in [0.4, 0.5) is 5.69 Å². The molecule has 1 aliphatic heterocycles. The zero-order chi connectivity index (χ0) is 11.5. The molecule has 1 amide bonds. The number of ether oxygens (including phenoxy) is 1. The van der Waals surface area contributed by atoms with E-state index < -0.39 is 0 Å². The molecule has 0 aromatic heterocycles. The van der Waals surface area contributed by atoms with Crippen LogP contribution in [0.2, 0.25) is 0 Å². The van der Waals surface area contributed by atoms with Gasteiger partial charge in [-0.3, -0.25) is 4.79 Å². The smallest absolute Gasteiger partial charge is 0.251 e. The maximum atomic E-state index is 11.9. The molecule has 86 valence electrons. The second-order valence-corrected chi connectivity index (χ2v) is 4.07. The number of hydrogen-bond acceptors (Lipinski definition) is 3. The molecule has 2 rings (SSSR count). The van der Waals surface area contributed by atoms with Crippen molar-refractivity contribution in [2.45, 2.75) is 25.5 Å². The highest BCUT2D eigenvalue weighted by Gasteiger charge is 2.25. The average molecular weight is 220 g/mol. The molecule has 0 bridgehead atoms. The number of hydrogen-bond donors (Lipinski definition) is 2. The average Bonchev–Trinajstić information content (AvgIpc) is 2.65. The number of amides is 1. The molecule has 1 fully saturated rings. The van der Waals surface area contributed by atoms with Gasteiger partial charge < -0.3 is 15.8 Å². The van der Waals surface area contributed by atoms with E-state index >= 15 is 0 Å². The van der Waals surface area contributed by atoms with Crippen molar-refractivity contribution in [3.63, 3.8) is 0 Å². The van der Waals surface area contributed by atoms with Crippen LogP contribution in [0.3, 0.4) is 0 Å². The van der Waals surface area contributed by atoms with Crippen LogP contribution < -0.4 is 11.1 Å². The monoisotopic (exact) mass is 220 g/mol. The summed E-state index contributed by atoms with van der Waals surface area (Å²) in [5.74, 6) is -0.0673. The van der Waals surface area contributed by atoms with E-state index in [0.717, 1.165) is 6.42 Å². The molecule has 2 atom stereocenters. The number of carbonyl (C=O) groups is 1. The van der Waals surface area contributed by atoms with Gasteiger partial charge in [-0.05, 0) is 37.6 Å². The van der Waals surface area contributed by atoms with E-state index in [1.165, 1.54) is 0 Å². The predicted molar refractivity (Wildman–Crippen MR) is 62.1 cm³/mol. The number of nitrogen functional groups attached to an aromatic ring is 1. The van der Waals surface area contributed by atoms with Crippen molar-refractivity contribution in [3.8, 4) is 0 Å². The molecule has 4 heteroatoms. The molecule has 1 heterocycles. The maximum absolute atomic E-state index is 11.9. The molecule has 0 saturated carbocycles. The molecule has 1 saturated heterocycles. The normalized spacial score (nSPS) is 24.3. The highest BCUT2D eigenvalue weighted by atomic mass is 16.5. The Morgan fingerprint density at radius 1 is 1.44 bits per heavy atom. The third-order valence-corrected chi connectivity index (χ3v) is 2.87. The van der Waals surface area contributed by atoms with Gasteiger partial charge >= 0.3 is 0 Å². The van der Waals surface area contributed by atoms with Crippen LogP contribution in [0.25, 0.3) is 0 Å². The Bertz CT molecular complexity index is 375. The number of nitrogens with two attached hydrogens (primary N) is 1. The third-order valence-electron chi connectivity index (χ3n) is 2.87. The van der Waals surface area contributed by atoms with Crippen LogP contribution in [0.1, 0.15) is 23.7 Å². The second-order valence-electron chi connectivity index (χ2n) is 4.07. The minimum atomic E-state index is -0.0673. The van der Waals surface area contributed by atoms with Crippen molar-refractivity contribution in [2.75, 3.05) is 12.3 Å². The molecule has 1 aromatic rings. The number of rotatable bonds is 2. The van der Waals surface area contributed by atoms with E-state index in [2.05, 4.69) is 5.32 Å². The van der Waals surface area contributed by atoms with Crippen LogP contribution in [0, 0.1) is 0 Å². The number of nitrogens with one attached hydrogen (secondary N) is 1. The van der Waals surface area contributed by atoms with Crippen LogP contribution in [0.5, 0.6) is 0 Å². The summed E-state index contributed by atoms with van der Waals surface area (Å²) in [5, 5.41) is 2.96. The fourth-order valence-corrected chi connectivity index (χ4v) is 1.81. The highest BCUT2D eigenvalue weighted by Crippen LogP contribution is 2.13. The third kappa shape index (κ3) is 2.33. The molecule has 1 aliphatic rings. The largest absolute Gasteiger partial charge is 0.399 e. The summed E-state index contributed by atoms with van der Waals surface area (Å²) in [6, 6.07) is 7.02. The number of benzene rings is 1. The summed E-state index contributed by atoms with van der Waals surface area (Å²) in [6.45, 7) is 2.69. The Kier molecular flexibility index (Phi) is 3.10. The van der Waals surface area contributed by atoms with Gasteiger partial charge in [-0.2, -0.15) is 0 Å². The predicted octanol–water partition coefficient (Wildman–Crippen LogP) is 1.18. The summed E-state index contributed by atoms with van der Waals surface area (Å²) in [4.78, 5) is 11.9. The van der Waals surface area contributed by atoms with Crippen LogP contribution in [-0.4, -0.2) is 24.7 Å². The number of anilines is 1. The maximum Gasteiger partial charge on any atom is 0.251 e. The van der Waals surface area contributed by atoms with Crippen molar-refractivity contribution >= 4 is 11.6 Å². The summed E-state index contributed by atoms with van der Waals surface area (Å²) in [7, 11) is 0. The molecule has 0 aliphatic carbocycles. The highest BCUT2D eigenvalue weighted by molar-refractivity contribution is 5.94. The molecule has 1 aromatic carbocycles. The second kappa shape index (κ2) is 4.53. The Morgan fingerprint density at radius 2 is 2.12 bits per heavy atom. The van der Waals surface area contributed by atoms with Gasteiger partial charge in [0.15, 0.2) is 0 Å². The van der Waals surface area contributed by atoms with Gasteiger partial charge in [0.1, 0.15) is 0 Å². The Balaban J connectivity index is 2.00. The lowest BCUT2D eigenvalue weighted by Gasteiger charge is -2.15. The van der Waals surface area contributed by atoms with E-state index in [4.69, 9.17) is 10.5 Å². The van der Waals surface area contributed by atoms with E-state index in [1.807, 2.05) is 6.92 Å². The Hall–Kier alpha value is -1.55. The quantitative estimate of drug-likeness (QED) is 0.735. The van der Waals surface area contributed by atoms with E-state index in [9.17, 15) is 4.79 Å². The van der Waals surface area contributed by atoms with E-state index in [-0.39, 0.29) is 18.1 Å². The summed E-state index contributed by atoms with van der Waals surface area (Å²) in [6.07, 6.45) is 0.972. The zero-order valence-corrected chi connectivity index (χ0v) is 9.27. The Morgan fingerprint density at radius 3 is 2.69 bits per heavy atom. The van der Waals surface area contributed by atoms with Gasteiger partial charge in [0.05, 0.1) is 12.1 Å². The first-order valence-corrected chi connectivity index (χ1v) is 5.45. The first-order chi connectivity index (χ1) is 7.66. The summed E-state index contributed by atoms with van der Waals surface area (Å²) >= 11 is 0. The molecular weight excluding hydrogens is 204 g/mol. The zero-order valence-electron chi connectivity index (χ0n) is 9.27. The Labute approximate surface area is 94.8 Å². The van der Waals surface area contributed by atoms with Gasteiger partial charge in [0.2, 0.25) is 0 Å². The molecule has 2 unspecified atom stereocenters. The van der Waals surface area contributed by atoms with Crippen molar-refractivity contribution in [3.05, 3.63) is 29.8 Å². The topological polar surface area (TPSA) is 64.3 Å². The van der Waals surface area contributed by atoms with E-state index in [0.29, 0.717) is 17.9 Å². The van der Waals surface area contributed by atoms with Crippen molar-refractivity contribution in [1.29, 1.82) is 0 Å². The molecule has 3 N–H and O–H groups in total. The van der Waals surface area contributed by atoms with Crippen LogP contribution >= 0.6 is 0 Å². The molecular formula is C12H16N2O2. The molecule has 4 nitrogen and oxygen atoms in total. The minimum Gasteiger partial charge on any atom is -0.399 e. The lowest BCUT2D eigenvalue weighted by atomic mass is 10.1. The summed E-state index contributed by atoms with van der Waals surface area (Å²) < 4.78 is 5.39. The summed E-state index contributed by atoms with van der Waals surface area (Å²) in [5.41, 5.74) is 6.85. The first kappa shape index (κ1) is 11.0. The fourth-order valence-electron chi connectivity index (χ4n) is 1.81. The molecule has 0 spiro atoms. The number of carbonyl (C=O) groups excluding carboxylic acids is 1. The van der Waals surface area contributed by atoms with Crippen LogP contribution in [0.15, 0.2) is 24.3 Å².